The van der Waals surface area contributed by atoms with E-state index < -0.39 is 0 Å². The summed E-state index contributed by atoms with van der Waals surface area (Å²) >= 11 is 0. The third-order valence-corrected chi connectivity index (χ3v) is 9.00. The van der Waals surface area contributed by atoms with E-state index in [0.29, 0.717) is 0 Å². The lowest BCUT2D eigenvalue weighted by Gasteiger charge is -2.11. The summed E-state index contributed by atoms with van der Waals surface area (Å²) in [4.78, 5) is 0. The average molecular weight is 511 g/mol. The van der Waals surface area contributed by atoms with Gasteiger partial charge in [-0.25, -0.2) is 0 Å². The Balaban J connectivity index is 1.53. The molecule has 6 aromatic carbocycles. The Labute approximate surface area is 225 Å². The molecule has 40 heavy (non-hydrogen) atoms. The topological polar surface area (TPSA) is 35.1 Å². The second kappa shape index (κ2) is 6.38. The Hall–Kier alpha value is -5.48. The van der Waals surface area contributed by atoms with Crippen LogP contribution in [0.5, 0.6) is 0 Å². The van der Waals surface area contributed by atoms with Gasteiger partial charge < -0.3 is 17.6 Å². The molecule has 0 aliphatic rings. The van der Waals surface area contributed by atoms with Crippen molar-refractivity contribution >= 4 is 98.5 Å². The van der Waals surface area contributed by atoms with Gasteiger partial charge in [-0.3, -0.25) is 0 Å². The maximum Gasteiger partial charge on any atom is 0.161 e. The summed E-state index contributed by atoms with van der Waals surface area (Å²) in [6.45, 7) is 0. The van der Waals surface area contributed by atoms with Crippen molar-refractivity contribution in [3.8, 4) is 0 Å². The van der Waals surface area contributed by atoms with E-state index in [9.17, 15) is 0 Å². The molecule has 0 N–H and O–H groups in total. The number of nitrogens with zero attached hydrogens (tertiary/aromatic N) is 2. The van der Waals surface area contributed by atoms with Gasteiger partial charge in [-0.05, 0) is 36.4 Å². The second-order valence-corrected chi connectivity index (χ2v) is 10.9. The number of aromatic nitrogens is 2. The van der Waals surface area contributed by atoms with Crippen LogP contribution in [0.1, 0.15) is 0 Å². The summed E-state index contributed by atoms with van der Waals surface area (Å²) in [5, 5.41) is 9.49. The largest absolute Gasteiger partial charge is 0.456 e. The van der Waals surface area contributed by atoms with Crippen LogP contribution in [-0.2, 0) is 0 Å². The number of fused-ring (bicyclic) bond motifs is 15. The molecule has 5 aromatic heterocycles. The number of para-hydroxylation sites is 4. The quantitative estimate of drug-likeness (QED) is 0.190. The molecule has 0 radical (unpaired) electrons. The van der Waals surface area contributed by atoms with E-state index >= 15 is 0 Å². The lowest BCUT2D eigenvalue weighted by Crippen LogP contribution is -1.97. The minimum Gasteiger partial charge on any atom is -0.456 e. The minimum atomic E-state index is 0.897. The van der Waals surface area contributed by atoms with Gasteiger partial charge in [-0.1, -0.05) is 66.7 Å². The smallest absolute Gasteiger partial charge is 0.161 e. The molecule has 0 aliphatic carbocycles. The molecule has 0 saturated heterocycles. The highest BCUT2D eigenvalue weighted by atomic mass is 16.3. The summed E-state index contributed by atoms with van der Waals surface area (Å²) in [6, 6.07) is 38.9. The number of hydrogen-bond donors (Lipinski definition) is 0. The average Bonchev–Trinajstić information content (AvgIpc) is 3.73. The molecule has 11 aromatic rings. The van der Waals surface area contributed by atoms with Crippen molar-refractivity contribution in [3.05, 3.63) is 109 Å². The molecule has 0 atom stereocenters. The third kappa shape index (κ3) is 2.05. The highest BCUT2D eigenvalue weighted by molar-refractivity contribution is 6.29. The van der Waals surface area contributed by atoms with Gasteiger partial charge in [0.15, 0.2) is 5.58 Å². The van der Waals surface area contributed by atoms with Crippen LogP contribution in [0.4, 0.5) is 0 Å². The highest BCUT2D eigenvalue weighted by Crippen LogP contribution is 2.46. The first-order valence-corrected chi connectivity index (χ1v) is 13.6. The van der Waals surface area contributed by atoms with Crippen LogP contribution in [0.3, 0.4) is 0 Å². The normalized spacial score (nSPS) is 13.0. The fraction of sp³-hybridized carbons (Fsp3) is 0. The Morgan fingerprint density at radius 3 is 1.90 bits per heavy atom. The third-order valence-electron chi connectivity index (χ3n) is 9.00. The van der Waals surface area contributed by atoms with Crippen molar-refractivity contribution in [1.29, 1.82) is 0 Å². The molecule has 5 heterocycles. The van der Waals surface area contributed by atoms with Gasteiger partial charge in [0, 0.05) is 49.2 Å². The van der Waals surface area contributed by atoms with Gasteiger partial charge in [0.25, 0.3) is 0 Å². The first-order valence-electron chi connectivity index (χ1n) is 13.6. The fourth-order valence-corrected chi connectivity index (χ4v) is 7.42. The van der Waals surface area contributed by atoms with E-state index in [4.69, 9.17) is 8.83 Å². The van der Waals surface area contributed by atoms with Gasteiger partial charge in [-0.2, -0.15) is 0 Å². The van der Waals surface area contributed by atoms with Gasteiger partial charge in [0.05, 0.1) is 27.6 Å². The van der Waals surface area contributed by atoms with Crippen LogP contribution >= 0.6 is 0 Å². The van der Waals surface area contributed by atoms with Gasteiger partial charge in [0.1, 0.15) is 22.3 Å². The maximum atomic E-state index is 6.71. The molecule has 4 nitrogen and oxygen atoms in total. The van der Waals surface area contributed by atoms with Crippen LogP contribution in [-0.4, -0.2) is 8.80 Å². The minimum absolute atomic E-state index is 0.897. The Bertz CT molecular complexity index is 2870. The van der Waals surface area contributed by atoms with E-state index in [1.54, 1.807) is 0 Å². The van der Waals surface area contributed by atoms with E-state index in [1.807, 2.05) is 18.2 Å². The zero-order chi connectivity index (χ0) is 25.7. The van der Waals surface area contributed by atoms with Crippen LogP contribution in [0.2, 0.25) is 0 Å². The SMILES string of the molecule is c1ccc2c(c1)oc1cc3c(cc12)c1cccc2c1n3c1c3oc4ccccc4c3cc3c4ccccc4n2c31. The molecule has 0 fully saturated rings. The molecule has 4 heteroatoms. The van der Waals surface area contributed by atoms with Crippen molar-refractivity contribution in [1.82, 2.24) is 8.80 Å². The standard InChI is InChI=1S/C36H18N2O2/c1-4-12-27-19(8-1)25-17-26-21-10-3-6-15-31(21)40-36(26)35-34(25)37(27)28-13-7-11-22-23-16-24-20-9-2-5-14-30(20)39-32(24)18-29(23)38(35)33(22)28/h1-18H. The van der Waals surface area contributed by atoms with Crippen LogP contribution < -0.4 is 0 Å². The summed E-state index contributed by atoms with van der Waals surface area (Å²) in [5.74, 6) is 0. The van der Waals surface area contributed by atoms with E-state index in [-0.39, 0.29) is 0 Å². The Kier molecular flexibility index (Phi) is 3.12. The molecule has 0 spiro atoms. The fourth-order valence-electron chi connectivity index (χ4n) is 7.42. The maximum absolute atomic E-state index is 6.71. The van der Waals surface area contributed by atoms with Crippen molar-refractivity contribution in [2.45, 2.75) is 0 Å². The van der Waals surface area contributed by atoms with E-state index in [1.165, 1.54) is 43.6 Å². The number of rotatable bonds is 0. The van der Waals surface area contributed by atoms with Gasteiger partial charge in [0.2, 0.25) is 0 Å². The summed E-state index contributed by atoms with van der Waals surface area (Å²) in [6.07, 6.45) is 0. The number of benzene rings is 6. The highest BCUT2D eigenvalue weighted by Gasteiger charge is 2.25. The van der Waals surface area contributed by atoms with Crippen molar-refractivity contribution in [3.63, 3.8) is 0 Å². The summed E-state index contributed by atoms with van der Waals surface area (Å²) < 4.78 is 18.0. The molecule has 0 unspecified atom stereocenters. The van der Waals surface area contributed by atoms with E-state index in [2.05, 4.69) is 99.8 Å². The van der Waals surface area contributed by atoms with E-state index in [0.717, 1.165) is 54.9 Å². The summed E-state index contributed by atoms with van der Waals surface area (Å²) in [5.41, 5.74) is 10.6. The van der Waals surface area contributed by atoms with Crippen LogP contribution in [0.25, 0.3) is 98.5 Å². The molecule has 0 bridgehead atoms. The first kappa shape index (κ1) is 19.6. The van der Waals surface area contributed by atoms with Crippen molar-refractivity contribution in [2.75, 3.05) is 0 Å². The first-order chi connectivity index (χ1) is 19.8. The predicted octanol–water partition coefficient (Wildman–Crippen LogP) is 10.0. The molecule has 0 aliphatic heterocycles. The van der Waals surface area contributed by atoms with Crippen LogP contribution in [0.15, 0.2) is 118 Å². The molecule has 11 rings (SSSR count). The molecule has 0 amide bonds. The summed E-state index contributed by atoms with van der Waals surface area (Å²) in [7, 11) is 0. The van der Waals surface area contributed by atoms with Crippen molar-refractivity contribution in [2.24, 2.45) is 0 Å². The van der Waals surface area contributed by atoms with Gasteiger partial charge >= 0.3 is 0 Å². The number of hydrogen-bond acceptors (Lipinski definition) is 2. The molecule has 184 valence electrons. The molecule has 0 saturated carbocycles. The van der Waals surface area contributed by atoms with Gasteiger partial charge in [-0.15, -0.1) is 0 Å². The second-order valence-electron chi connectivity index (χ2n) is 10.9. The zero-order valence-electron chi connectivity index (χ0n) is 21.1. The molecular weight excluding hydrogens is 492 g/mol. The van der Waals surface area contributed by atoms with Crippen molar-refractivity contribution < 1.29 is 8.83 Å². The zero-order valence-corrected chi connectivity index (χ0v) is 21.1. The monoisotopic (exact) mass is 510 g/mol. The lowest BCUT2D eigenvalue weighted by molar-refractivity contribution is 0.669. The Morgan fingerprint density at radius 1 is 0.350 bits per heavy atom. The predicted molar refractivity (Wildman–Crippen MR) is 164 cm³/mol. The number of furan rings is 2. The lowest BCUT2D eigenvalue weighted by atomic mass is 10.1. The Morgan fingerprint density at radius 2 is 1.02 bits per heavy atom. The molecular formula is C36H18N2O2. The van der Waals surface area contributed by atoms with Crippen LogP contribution in [0, 0.1) is 0 Å².